The summed E-state index contributed by atoms with van der Waals surface area (Å²) in [5.41, 5.74) is 1.72. The Morgan fingerprint density at radius 2 is 2.32 bits per heavy atom. The lowest BCUT2D eigenvalue weighted by molar-refractivity contribution is -0.139. The maximum absolute atomic E-state index is 12.4. The van der Waals surface area contributed by atoms with Gasteiger partial charge in [-0.15, -0.1) is 22.7 Å². The number of carbonyl (C=O) groups is 2. The number of amides is 1. The van der Waals surface area contributed by atoms with Crippen molar-refractivity contribution in [1.82, 2.24) is 0 Å². The highest BCUT2D eigenvalue weighted by molar-refractivity contribution is 7.17. The van der Waals surface area contributed by atoms with E-state index in [0.717, 1.165) is 26.0 Å². The molecule has 0 unspecified atom stereocenters. The van der Waals surface area contributed by atoms with Crippen molar-refractivity contribution in [3.05, 3.63) is 38.9 Å². The number of fused-ring (bicyclic) bond motifs is 1. The summed E-state index contributed by atoms with van der Waals surface area (Å²) in [7, 11) is 1.32. The molecule has 0 fully saturated rings. The molecule has 0 saturated heterocycles. The van der Waals surface area contributed by atoms with E-state index in [1.165, 1.54) is 23.3 Å². The van der Waals surface area contributed by atoms with E-state index in [2.05, 4.69) is 4.99 Å². The smallest absolute Gasteiger partial charge is 0.325 e. The fourth-order valence-electron chi connectivity index (χ4n) is 2.28. The average molecular weight is 334 g/mol. The van der Waals surface area contributed by atoms with E-state index in [0.29, 0.717) is 0 Å². The molecule has 3 heterocycles. The number of carbonyl (C=O) groups excluding carboxylic acids is 2. The minimum absolute atomic E-state index is 0.0324. The van der Waals surface area contributed by atoms with Crippen LogP contribution < -0.4 is 4.90 Å². The van der Waals surface area contributed by atoms with Gasteiger partial charge in [-0.2, -0.15) is 0 Å². The van der Waals surface area contributed by atoms with Crippen molar-refractivity contribution >= 4 is 45.3 Å². The Hall–Kier alpha value is -1.99. The van der Waals surface area contributed by atoms with Crippen LogP contribution in [0.25, 0.3) is 0 Å². The lowest BCUT2D eigenvalue weighted by atomic mass is 10.1. The van der Waals surface area contributed by atoms with Gasteiger partial charge in [-0.3, -0.25) is 19.5 Å². The minimum atomic E-state index is -0.440. The van der Waals surface area contributed by atoms with Crippen LogP contribution in [0.4, 0.5) is 5.00 Å². The van der Waals surface area contributed by atoms with Crippen molar-refractivity contribution in [3.63, 3.8) is 0 Å². The number of thiophene rings is 2. The highest BCUT2D eigenvalue weighted by Gasteiger charge is 2.29. The molecule has 0 aliphatic carbocycles. The van der Waals surface area contributed by atoms with E-state index in [9.17, 15) is 9.59 Å². The van der Waals surface area contributed by atoms with Gasteiger partial charge in [-0.05, 0) is 24.4 Å². The molecule has 0 N–H and O–H groups in total. The van der Waals surface area contributed by atoms with Crippen molar-refractivity contribution in [1.29, 1.82) is 0 Å². The van der Waals surface area contributed by atoms with E-state index in [4.69, 9.17) is 4.74 Å². The fourth-order valence-corrected chi connectivity index (χ4v) is 4.05. The summed E-state index contributed by atoms with van der Waals surface area (Å²) < 4.78 is 4.70. The van der Waals surface area contributed by atoms with Gasteiger partial charge in [0.15, 0.2) is 0 Å². The Kier molecular flexibility index (Phi) is 4.08. The summed E-state index contributed by atoms with van der Waals surface area (Å²) in [6.45, 7) is 1.92. The molecule has 2 aromatic rings. The quantitative estimate of drug-likeness (QED) is 0.810. The number of esters is 1. The lowest BCUT2D eigenvalue weighted by Gasteiger charge is -2.18. The van der Waals surface area contributed by atoms with Gasteiger partial charge < -0.3 is 4.74 Å². The molecule has 114 valence electrons. The highest BCUT2D eigenvalue weighted by atomic mass is 32.1. The third-order valence-corrected chi connectivity index (χ3v) is 5.23. The second-order valence-electron chi connectivity index (χ2n) is 4.77. The molecule has 1 aliphatic rings. The molecular weight excluding hydrogens is 320 g/mol. The van der Waals surface area contributed by atoms with E-state index in [1.54, 1.807) is 11.3 Å². The molecule has 7 heteroatoms. The van der Waals surface area contributed by atoms with E-state index in [-0.39, 0.29) is 19.0 Å². The zero-order chi connectivity index (χ0) is 15.7. The van der Waals surface area contributed by atoms with Crippen LogP contribution >= 0.6 is 22.7 Å². The summed E-state index contributed by atoms with van der Waals surface area (Å²) in [5.74, 6) is -0.634. The van der Waals surface area contributed by atoms with Crippen LogP contribution in [0.5, 0.6) is 0 Å². The summed E-state index contributed by atoms with van der Waals surface area (Å²) in [4.78, 5) is 32.0. The number of nitrogens with zero attached hydrogens (tertiary/aromatic N) is 2. The zero-order valence-corrected chi connectivity index (χ0v) is 13.8. The number of hydrogen-bond donors (Lipinski definition) is 0. The first-order valence-corrected chi connectivity index (χ1v) is 8.36. The summed E-state index contributed by atoms with van der Waals surface area (Å²) in [5, 5.41) is 2.74. The molecule has 0 radical (unpaired) electrons. The van der Waals surface area contributed by atoms with Gasteiger partial charge in [-0.25, -0.2) is 0 Å². The topological polar surface area (TPSA) is 59.0 Å². The molecule has 5 nitrogen and oxygen atoms in total. The average Bonchev–Trinajstić information content (AvgIpc) is 3.12. The Bertz CT molecular complexity index is 747. The number of anilines is 1. The summed E-state index contributed by atoms with van der Waals surface area (Å²) >= 11 is 3.07. The maximum Gasteiger partial charge on any atom is 0.325 e. The normalized spacial score (nSPS) is 14.4. The second kappa shape index (κ2) is 6.02. The van der Waals surface area contributed by atoms with Gasteiger partial charge in [0.05, 0.1) is 17.7 Å². The monoisotopic (exact) mass is 334 g/mol. The molecule has 3 rings (SSSR count). The van der Waals surface area contributed by atoms with Gasteiger partial charge in [0.1, 0.15) is 18.1 Å². The number of ether oxygens (including phenoxy) is 1. The first-order valence-electron chi connectivity index (χ1n) is 6.66. The fraction of sp³-hybridized carbons (Fsp3) is 0.267. The predicted molar refractivity (Wildman–Crippen MR) is 88.3 cm³/mol. The van der Waals surface area contributed by atoms with Crippen molar-refractivity contribution in [2.75, 3.05) is 25.1 Å². The van der Waals surface area contributed by atoms with Crippen LogP contribution in [0, 0.1) is 6.92 Å². The van der Waals surface area contributed by atoms with Gasteiger partial charge in [-0.1, -0.05) is 6.07 Å². The molecule has 1 aliphatic heterocycles. The highest BCUT2D eigenvalue weighted by Crippen LogP contribution is 2.35. The van der Waals surface area contributed by atoms with Crippen LogP contribution in [0.15, 0.2) is 28.6 Å². The lowest BCUT2D eigenvalue weighted by Crippen LogP contribution is -2.36. The van der Waals surface area contributed by atoms with Crippen molar-refractivity contribution in [2.24, 2.45) is 4.99 Å². The van der Waals surface area contributed by atoms with Gasteiger partial charge in [0.25, 0.3) is 0 Å². The van der Waals surface area contributed by atoms with Crippen LogP contribution in [0.1, 0.15) is 15.3 Å². The number of hydrogen-bond acceptors (Lipinski definition) is 6. The van der Waals surface area contributed by atoms with E-state index >= 15 is 0 Å². The van der Waals surface area contributed by atoms with Crippen molar-refractivity contribution in [3.8, 4) is 0 Å². The Morgan fingerprint density at radius 1 is 1.50 bits per heavy atom. The molecule has 22 heavy (non-hydrogen) atoms. The van der Waals surface area contributed by atoms with Crippen LogP contribution in [0.3, 0.4) is 0 Å². The van der Waals surface area contributed by atoms with Gasteiger partial charge >= 0.3 is 5.97 Å². The standard InChI is InChI=1S/C15H14N2O3S2/c1-9-6-10-14(11-4-3-5-21-11)16-7-12(18)17(15(10)22-9)8-13(19)20-2/h3-6H,7-8H2,1-2H3. The molecule has 0 atom stereocenters. The van der Waals surface area contributed by atoms with Crippen LogP contribution in [-0.4, -0.2) is 37.8 Å². The van der Waals surface area contributed by atoms with Crippen molar-refractivity contribution in [2.45, 2.75) is 6.92 Å². The largest absolute Gasteiger partial charge is 0.468 e. The molecule has 0 saturated carbocycles. The van der Waals surface area contributed by atoms with Gasteiger partial charge in [0, 0.05) is 10.4 Å². The van der Waals surface area contributed by atoms with Crippen molar-refractivity contribution < 1.29 is 14.3 Å². The summed E-state index contributed by atoms with van der Waals surface area (Å²) in [6.07, 6.45) is 0. The van der Waals surface area contributed by atoms with Crippen LogP contribution in [0.2, 0.25) is 0 Å². The maximum atomic E-state index is 12.4. The molecule has 0 aromatic carbocycles. The zero-order valence-electron chi connectivity index (χ0n) is 12.2. The number of rotatable bonds is 3. The summed E-state index contributed by atoms with van der Waals surface area (Å²) in [6, 6.07) is 5.96. The third kappa shape index (κ3) is 2.69. The molecule has 2 aromatic heterocycles. The number of aliphatic imine (C=N–C) groups is 1. The minimum Gasteiger partial charge on any atom is -0.468 e. The second-order valence-corrected chi connectivity index (χ2v) is 6.96. The first-order chi connectivity index (χ1) is 10.6. The number of methoxy groups -OCH3 is 1. The molecule has 1 amide bonds. The van der Waals surface area contributed by atoms with E-state index < -0.39 is 5.97 Å². The SMILES string of the molecule is COC(=O)CN1C(=O)CN=C(c2cccs2)c2cc(C)sc21. The Morgan fingerprint density at radius 3 is 3.00 bits per heavy atom. The molecular formula is C15H14N2O3S2. The van der Waals surface area contributed by atoms with Gasteiger partial charge in [0.2, 0.25) is 5.91 Å². The number of aryl methyl sites for hydroxylation is 1. The Balaban J connectivity index is 2.08. The molecule has 0 spiro atoms. The predicted octanol–water partition coefficient (Wildman–Crippen LogP) is 2.48. The van der Waals surface area contributed by atoms with Crippen LogP contribution in [-0.2, 0) is 14.3 Å². The van der Waals surface area contributed by atoms with E-state index in [1.807, 2.05) is 30.5 Å². The molecule has 0 bridgehead atoms. The first kappa shape index (κ1) is 14.9. The Labute approximate surface area is 135 Å². The third-order valence-electron chi connectivity index (χ3n) is 3.28.